The fourth-order valence-corrected chi connectivity index (χ4v) is 2.87. The first kappa shape index (κ1) is 21.6. The van der Waals surface area contributed by atoms with Crippen molar-refractivity contribution in [1.82, 2.24) is 10.3 Å². The van der Waals surface area contributed by atoms with Gasteiger partial charge in [-0.3, -0.25) is 9.52 Å². The second-order valence-corrected chi connectivity index (χ2v) is 7.69. The molecule has 0 aliphatic carbocycles. The van der Waals surface area contributed by atoms with Crippen LogP contribution in [0.15, 0.2) is 42.6 Å². The monoisotopic (exact) mass is 417 g/mol. The number of carbonyl (C=O) groups excluding carboxylic acids is 1. The molecule has 2 atom stereocenters. The molecule has 11 heteroatoms. The van der Waals surface area contributed by atoms with E-state index in [2.05, 4.69) is 9.71 Å². The highest BCUT2D eigenvalue weighted by atomic mass is 32.2. The first-order valence-electron chi connectivity index (χ1n) is 7.97. The predicted molar refractivity (Wildman–Crippen MR) is 97.0 cm³/mol. The molecule has 1 heterocycles. The molecule has 0 unspecified atom stereocenters. The molecule has 152 valence electrons. The summed E-state index contributed by atoms with van der Waals surface area (Å²) < 4.78 is 62.2. The molecular weight excluding hydrogens is 399 g/mol. The number of carbonyl (C=O) groups is 1. The minimum atomic E-state index is -3.44. The number of sulfonamides is 1. The number of aliphatic hydroxyl groups excluding tert-OH is 1. The van der Waals surface area contributed by atoms with Gasteiger partial charge in [-0.15, -0.1) is 0 Å². The lowest BCUT2D eigenvalue weighted by atomic mass is 9.99. The number of halogens is 3. The van der Waals surface area contributed by atoms with E-state index >= 15 is 0 Å². The Bertz CT molecular complexity index is 906. The van der Waals surface area contributed by atoms with E-state index < -0.39 is 41.2 Å². The lowest BCUT2D eigenvalue weighted by molar-refractivity contribution is -0.133. The van der Waals surface area contributed by atoms with E-state index in [0.29, 0.717) is 11.1 Å². The van der Waals surface area contributed by atoms with Gasteiger partial charge >= 0.3 is 6.43 Å². The Kier molecular flexibility index (Phi) is 6.97. The van der Waals surface area contributed by atoms with Crippen LogP contribution in [0.2, 0.25) is 0 Å². The number of hydrogen-bond donors (Lipinski definition) is 3. The van der Waals surface area contributed by atoms with E-state index in [-0.39, 0.29) is 11.4 Å². The van der Waals surface area contributed by atoms with Gasteiger partial charge in [0.1, 0.15) is 18.6 Å². The van der Waals surface area contributed by atoms with Gasteiger partial charge in [0, 0.05) is 11.8 Å². The van der Waals surface area contributed by atoms with Crippen LogP contribution in [-0.4, -0.2) is 49.8 Å². The largest absolute Gasteiger partial charge is 0.386 e. The predicted octanol–water partition coefficient (Wildman–Crippen LogP) is 1.87. The van der Waals surface area contributed by atoms with Crippen LogP contribution in [0.25, 0.3) is 11.1 Å². The highest BCUT2D eigenvalue weighted by Crippen LogP contribution is 2.24. The van der Waals surface area contributed by atoms with Crippen molar-refractivity contribution < 1.29 is 31.5 Å². The van der Waals surface area contributed by atoms with Crippen LogP contribution in [0.4, 0.5) is 19.0 Å². The van der Waals surface area contributed by atoms with E-state index in [4.69, 9.17) is 0 Å². The van der Waals surface area contributed by atoms with E-state index in [1.54, 1.807) is 23.5 Å². The molecule has 1 amide bonds. The summed E-state index contributed by atoms with van der Waals surface area (Å²) in [7, 11) is -3.44. The number of rotatable bonds is 8. The second-order valence-electron chi connectivity index (χ2n) is 5.94. The summed E-state index contributed by atoms with van der Waals surface area (Å²) in [5.74, 6) is -1.51. The summed E-state index contributed by atoms with van der Waals surface area (Å²) in [6, 6.07) is 7.68. The SMILES string of the molecule is CS(=O)(=O)Nc1ccc(-c2ccc([C@@H](O)[C@@H](CF)NC(=O)C(F)F)cc2)cn1. The summed E-state index contributed by atoms with van der Waals surface area (Å²) in [4.78, 5) is 15.0. The molecule has 1 aromatic carbocycles. The Morgan fingerprint density at radius 1 is 1.14 bits per heavy atom. The number of nitrogens with zero attached hydrogens (tertiary/aromatic N) is 1. The average Bonchev–Trinajstić information content (AvgIpc) is 2.64. The molecule has 2 rings (SSSR count). The number of hydrogen-bond acceptors (Lipinski definition) is 5. The number of nitrogens with one attached hydrogen (secondary N) is 2. The molecule has 0 saturated heterocycles. The van der Waals surface area contributed by atoms with Gasteiger partial charge in [-0.25, -0.2) is 17.8 Å². The third-order valence-corrected chi connectivity index (χ3v) is 4.29. The van der Waals surface area contributed by atoms with Crippen molar-refractivity contribution in [3.8, 4) is 11.1 Å². The van der Waals surface area contributed by atoms with Crippen molar-refractivity contribution in [3.05, 3.63) is 48.2 Å². The molecular formula is C17H18F3N3O4S. The Balaban J connectivity index is 2.12. The molecule has 28 heavy (non-hydrogen) atoms. The van der Waals surface area contributed by atoms with Gasteiger partial charge < -0.3 is 10.4 Å². The molecule has 3 N–H and O–H groups in total. The fraction of sp³-hybridized carbons (Fsp3) is 0.294. The van der Waals surface area contributed by atoms with Crippen molar-refractivity contribution in [2.45, 2.75) is 18.6 Å². The van der Waals surface area contributed by atoms with Crippen LogP contribution < -0.4 is 10.0 Å². The van der Waals surface area contributed by atoms with Crippen molar-refractivity contribution in [2.24, 2.45) is 0 Å². The Labute approximate surface area is 159 Å². The van der Waals surface area contributed by atoms with E-state index in [0.717, 1.165) is 6.26 Å². The lowest BCUT2D eigenvalue weighted by Gasteiger charge is -2.22. The van der Waals surface area contributed by atoms with Gasteiger partial charge in [0.25, 0.3) is 5.91 Å². The molecule has 1 aromatic heterocycles. The second kappa shape index (κ2) is 9.02. The Morgan fingerprint density at radius 2 is 1.75 bits per heavy atom. The van der Waals surface area contributed by atoms with E-state index in [1.165, 1.54) is 24.4 Å². The number of aliphatic hydroxyl groups is 1. The summed E-state index contributed by atoms with van der Waals surface area (Å²) >= 11 is 0. The standard InChI is InChI=1S/C17H18F3N3O4S/c1-28(26,27)23-14-7-6-12(9-21-14)10-2-4-11(5-3-10)15(24)13(8-18)22-17(25)16(19)20/h2-7,9,13,15-16,24H,8H2,1H3,(H,21,23)(H,22,25)/t13-,15-/m1/s1. The number of anilines is 1. The summed E-state index contributed by atoms with van der Waals surface area (Å²) in [5.41, 5.74) is 1.54. The van der Waals surface area contributed by atoms with Crippen LogP contribution >= 0.6 is 0 Å². The third-order valence-electron chi connectivity index (χ3n) is 3.71. The molecule has 2 aromatic rings. The topological polar surface area (TPSA) is 108 Å². The number of alkyl halides is 3. The normalized spacial score (nSPS) is 13.8. The number of aromatic nitrogens is 1. The molecule has 0 saturated carbocycles. The van der Waals surface area contributed by atoms with Gasteiger partial charge in [0.05, 0.1) is 12.3 Å². The summed E-state index contributed by atoms with van der Waals surface area (Å²) in [6.07, 6.45) is -2.38. The Hall–Kier alpha value is -2.66. The van der Waals surface area contributed by atoms with Crippen molar-refractivity contribution in [2.75, 3.05) is 17.7 Å². The highest BCUT2D eigenvalue weighted by Gasteiger charge is 2.26. The number of benzene rings is 1. The maximum atomic E-state index is 13.0. The molecule has 0 radical (unpaired) electrons. The van der Waals surface area contributed by atoms with Gasteiger partial charge in [-0.2, -0.15) is 8.78 Å². The molecule has 0 fully saturated rings. The zero-order chi connectivity index (χ0) is 20.9. The highest BCUT2D eigenvalue weighted by molar-refractivity contribution is 7.92. The third kappa shape index (κ3) is 5.92. The Morgan fingerprint density at radius 3 is 2.21 bits per heavy atom. The van der Waals surface area contributed by atoms with Crippen LogP contribution in [-0.2, 0) is 14.8 Å². The van der Waals surface area contributed by atoms with Crippen LogP contribution in [0.3, 0.4) is 0 Å². The first-order chi connectivity index (χ1) is 13.1. The fourth-order valence-electron chi connectivity index (χ4n) is 2.37. The lowest BCUT2D eigenvalue weighted by Crippen LogP contribution is -2.43. The van der Waals surface area contributed by atoms with E-state index in [9.17, 15) is 31.5 Å². The quantitative estimate of drug-likeness (QED) is 0.608. The molecule has 0 aliphatic rings. The van der Waals surface area contributed by atoms with Gasteiger partial charge in [0.2, 0.25) is 10.0 Å². The van der Waals surface area contributed by atoms with Crippen molar-refractivity contribution >= 4 is 21.7 Å². The maximum absolute atomic E-state index is 13.0. The number of pyridine rings is 1. The van der Waals surface area contributed by atoms with Crippen LogP contribution in [0.1, 0.15) is 11.7 Å². The van der Waals surface area contributed by atoms with Gasteiger partial charge in [-0.05, 0) is 23.3 Å². The molecule has 7 nitrogen and oxygen atoms in total. The first-order valence-corrected chi connectivity index (χ1v) is 9.86. The van der Waals surface area contributed by atoms with Crippen LogP contribution in [0.5, 0.6) is 0 Å². The molecule has 0 spiro atoms. The zero-order valence-corrected chi connectivity index (χ0v) is 15.5. The minimum Gasteiger partial charge on any atom is -0.386 e. The maximum Gasteiger partial charge on any atom is 0.315 e. The minimum absolute atomic E-state index is 0.152. The van der Waals surface area contributed by atoms with E-state index in [1.807, 2.05) is 0 Å². The smallest absolute Gasteiger partial charge is 0.315 e. The van der Waals surface area contributed by atoms with Gasteiger partial charge in [0.15, 0.2) is 0 Å². The zero-order valence-electron chi connectivity index (χ0n) is 14.6. The molecule has 0 aliphatic heterocycles. The average molecular weight is 417 g/mol. The van der Waals surface area contributed by atoms with Crippen molar-refractivity contribution in [3.63, 3.8) is 0 Å². The summed E-state index contributed by atoms with van der Waals surface area (Å²) in [5, 5.41) is 11.9. The number of amides is 1. The van der Waals surface area contributed by atoms with Crippen LogP contribution in [0, 0.1) is 0 Å². The summed E-state index contributed by atoms with van der Waals surface area (Å²) in [6.45, 7) is -1.22. The molecule has 0 bridgehead atoms. The van der Waals surface area contributed by atoms with Gasteiger partial charge in [-0.1, -0.05) is 24.3 Å². The van der Waals surface area contributed by atoms with Crippen molar-refractivity contribution in [1.29, 1.82) is 0 Å².